The quantitative estimate of drug-likeness (QED) is 0.832. The van der Waals surface area contributed by atoms with Gasteiger partial charge in [-0.15, -0.1) is 0 Å². The van der Waals surface area contributed by atoms with Crippen molar-refractivity contribution >= 4 is 0 Å². The molecule has 1 aromatic heterocycles. The maximum atomic E-state index is 8.82. The fourth-order valence-electron chi connectivity index (χ4n) is 1.97. The molecule has 0 atom stereocenters. The molecule has 19 heavy (non-hydrogen) atoms. The van der Waals surface area contributed by atoms with Gasteiger partial charge in [0, 0.05) is 19.3 Å². The average Bonchev–Trinajstić information content (AvgIpc) is 2.82. The number of benzene rings is 1. The first-order valence-corrected chi connectivity index (χ1v) is 6.38. The maximum Gasteiger partial charge on any atom is 0.0991 e. The summed E-state index contributed by atoms with van der Waals surface area (Å²) in [6, 6.07) is 7.95. The molecule has 0 fully saturated rings. The van der Waals surface area contributed by atoms with Gasteiger partial charge in [-0.2, -0.15) is 10.4 Å². The molecule has 0 radical (unpaired) electrons. The summed E-state index contributed by atoms with van der Waals surface area (Å²) >= 11 is 0. The molecule has 1 heterocycles. The second-order valence-electron chi connectivity index (χ2n) is 4.71. The van der Waals surface area contributed by atoms with Crippen LogP contribution >= 0.6 is 0 Å². The van der Waals surface area contributed by atoms with E-state index < -0.39 is 0 Å². The highest BCUT2D eigenvalue weighted by Gasteiger charge is 2.00. The van der Waals surface area contributed by atoms with Crippen molar-refractivity contribution in [3.8, 4) is 6.07 Å². The lowest BCUT2D eigenvalue weighted by atomic mass is 10.1. The summed E-state index contributed by atoms with van der Waals surface area (Å²) in [7, 11) is 0. The number of hydrogen-bond acceptors (Lipinski definition) is 3. The number of aryl methyl sites for hydroxylation is 2. The van der Waals surface area contributed by atoms with Gasteiger partial charge in [-0.25, -0.2) is 0 Å². The van der Waals surface area contributed by atoms with E-state index in [0.29, 0.717) is 5.56 Å². The van der Waals surface area contributed by atoms with Crippen molar-refractivity contribution in [3.05, 3.63) is 52.8 Å². The second-order valence-corrected chi connectivity index (χ2v) is 4.71. The van der Waals surface area contributed by atoms with Gasteiger partial charge in [-0.05, 0) is 42.7 Å². The van der Waals surface area contributed by atoms with Crippen molar-refractivity contribution in [2.24, 2.45) is 0 Å². The summed E-state index contributed by atoms with van der Waals surface area (Å²) < 4.78 is 1.94. The van der Waals surface area contributed by atoms with E-state index in [1.54, 1.807) is 0 Å². The fraction of sp³-hybridized carbons (Fsp3) is 0.333. The molecule has 0 saturated carbocycles. The zero-order chi connectivity index (χ0) is 13.7. The van der Waals surface area contributed by atoms with Gasteiger partial charge >= 0.3 is 0 Å². The van der Waals surface area contributed by atoms with Gasteiger partial charge in [0.1, 0.15) is 0 Å². The Kier molecular flexibility index (Phi) is 4.32. The van der Waals surface area contributed by atoms with E-state index in [2.05, 4.69) is 16.5 Å². The Morgan fingerprint density at radius 1 is 1.37 bits per heavy atom. The Morgan fingerprint density at radius 2 is 2.21 bits per heavy atom. The Labute approximate surface area is 113 Å². The Balaban J connectivity index is 1.81. The Hall–Kier alpha value is -2.12. The van der Waals surface area contributed by atoms with Crippen LogP contribution in [0, 0.1) is 25.2 Å². The molecular formula is C15H18N4. The molecule has 4 heteroatoms. The number of nitriles is 1. The molecule has 2 rings (SSSR count). The molecule has 0 spiro atoms. The van der Waals surface area contributed by atoms with Crippen LogP contribution < -0.4 is 5.32 Å². The maximum absolute atomic E-state index is 8.82. The summed E-state index contributed by atoms with van der Waals surface area (Å²) in [6.45, 7) is 6.63. The van der Waals surface area contributed by atoms with Crippen LogP contribution in [0.4, 0.5) is 0 Å². The normalized spacial score (nSPS) is 10.4. The van der Waals surface area contributed by atoms with E-state index in [1.807, 2.05) is 49.1 Å². The van der Waals surface area contributed by atoms with E-state index in [-0.39, 0.29) is 0 Å². The van der Waals surface area contributed by atoms with Crippen LogP contribution in [0.25, 0.3) is 0 Å². The molecule has 0 aliphatic heterocycles. The molecule has 0 aliphatic carbocycles. The second kappa shape index (κ2) is 6.17. The molecule has 1 N–H and O–H groups in total. The highest BCUT2D eigenvalue weighted by atomic mass is 15.3. The van der Waals surface area contributed by atoms with Crippen molar-refractivity contribution in [2.45, 2.75) is 26.9 Å². The SMILES string of the molecule is Cc1cnn(CCNCc2ccc(C#N)cc2C)c1. The predicted molar refractivity (Wildman–Crippen MR) is 74.6 cm³/mol. The van der Waals surface area contributed by atoms with Crippen molar-refractivity contribution < 1.29 is 0 Å². The smallest absolute Gasteiger partial charge is 0.0991 e. The minimum absolute atomic E-state index is 0.716. The molecular weight excluding hydrogens is 236 g/mol. The van der Waals surface area contributed by atoms with Gasteiger partial charge in [0.2, 0.25) is 0 Å². The monoisotopic (exact) mass is 254 g/mol. The van der Waals surface area contributed by atoms with Crippen LogP contribution in [-0.4, -0.2) is 16.3 Å². The summed E-state index contributed by atoms with van der Waals surface area (Å²) in [5.74, 6) is 0. The van der Waals surface area contributed by atoms with E-state index in [0.717, 1.165) is 25.2 Å². The molecule has 2 aromatic rings. The third-order valence-corrected chi connectivity index (χ3v) is 3.07. The van der Waals surface area contributed by atoms with Crippen molar-refractivity contribution in [3.63, 3.8) is 0 Å². The standard InChI is InChI=1S/C15H18N4/c1-12-9-18-19(11-12)6-5-17-10-15-4-3-14(8-16)7-13(15)2/h3-4,7,9,11,17H,5-6,10H2,1-2H3. The molecule has 1 aromatic carbocycles. The summed E-state index contributed by atoms with van der Waals surface area (Å²) in [5, 5.41) is 16.5. The summed E-state index contributed by atoms with van der Waals surface area (Å²) in [4.78, 5) is 0. The van der Waals surface area contributed by atoms with Crippen LogP contribution in [-0.2, 0) is 13.1 Å². The highest BCUT2D eigenvalue weighted by molar-refractivity contribution is 5.37. The van der Waals surface area contributed by atoms with Gasteiger partial charge in [-0.1, -0.05) is 6.07 Å². The average molecular weight is 254 g/mol. The highest BCUT2D eigenvalue weighted by Crippen LogP contribution is 2.10. The van der Waals surface area contributed by atoms with Gasteiger partial charge in [-0.3, -0.25) is 4.68 Å². The van der Waals surface area contributed by atoms with Crippen molar-refractivity contribution in [1.82, 2.24) is 15.1 Å². The molecule has 0 saturated heterocycles. The van der Waals surface area contributed by atoms with Crippen LogP contribution in [0.1, 0.15) is 22.3 Å². The number of nitrogens with one attached hydrogen (secondary N) is 1. The number of hydrogen-bond donors (Lipinski definition) is 1. The molecule has 0 amide bonds. The first kappa shape index (κ1) is 13.3. The molecule has 98 valence electrons. The third-order valence-electron chi connectivity index (χ3n) is 3.07. The molecule has 0 aliphatic rings. The van der Waals surface area contributed by atoms with Crippen molar-refractivity contribution in [1.29, 1.82) is 5.26 Å². The first-order chi connectivity index (χ1) is 9.19. The molecule has 0 bridgehead atoms. The minimum atomic E-state index is 0.716. The van der Waals surface area contributed by atoms with E-state index in [1.165, 1.54) is 11.1 Å². The van der Waals surface area contributed by atoms with Gasteiger partial charge in [0.15, 0.2) is 0 Å². The van der Waals surface area contributed by atoms with E-state index in [4.69, 9.17) is 5.26 Å². The molecule has 0 unspecified atom stereocenters. The van der Waals surface area contributed by atoms with Crippen LogP contribution in [0.15, 0.2) is 30.6 Å². The minimum Gasteiger partial charge on any atom is -0.311 e. The Bertz CT molecular complexity index is 592. The zero-order valence-corrected chi connectivity index (χ0v) is 11.3. The number of aromatic nitrogens is 2. The summed E-state index contributed by atoms with van der Waals surface area (Å²) in [5.41, 5.74) is 4.29. The van der Waals surface area contributed by atoms with Gasteiger partial charge in [0.05, 0.1) is 24.4 Å². The van der Waals surface area contributed by atoms with Gasteiger partial charge in [0.25, 0.3) is 0 Å². The van der Waals surface area contributed by atoms with E-state index in [9.17, 15) is 0 Å². The summed E-state index contributed by atoms with van der Waals surface area (Å²) in [6.07, 6.45) is 3.90. The van der Waals surface area contributed by atoms with Crippen LogP contribution in [0.2, 0.25) is 0 Å². The van der Waals surface area contributed by atoms with E-state index >= 15 is 0 Å². The first-order valence-electron chi connectivity index (χ1n) is 6.38. The zero-order valence-electron chi connectivity index (χ0n) is 11.3. The lowest BCUT2D eigenvalue weighted by molar-refractivity contribution is 0.554. The van der Waals surface area contributed by atoms with Crippen LogP contribution in [0.5, 0.6) is 0 Å². The Morgan fingerprint density at radius 3 is 2.84 bits per heavy atom. The number of nitrogens with zero attached hydrogens (tertiary/aromatic N) is 3. The predicted octanol–water partition coefficient (Wildman–Crippen LogP) is 2.16. The number of rotatable bonds is 5. The lowest BCUT2D eigenvalue weighted by Crippen LogP contribution is -2.20. The topological polar surface area (TPSA) is 53.6 Å². The fourth-order valence-corrected chi connectivity index (χ4v) is 1.97. The van der Waals surface area contributed by atoms with Crippen LogP contribution in [0.3, 0.4) is 0 Å². The third kappa shape index (κ3) is 3.67. The largest absolute Gasteiger partial charge is 0.311 e. The lowest BCUT2D eigenvalue weighted by Gasteiger charge is -2.08. The van der Waals surface area contributed by atoms with Crippen molar-refractivity contribution in [2.75, 3.05) is 6.54 Å². The molecule has 4 nitrogen and oxygen atoms in total. The van der Waals surface area contributed by atoms with Gasteiger partial charge < -0.3 is 5.32 Å².